The Bertz CT molecular complexity index is 545. The third kappa shape index (κ3) is 2.86. The molecule has 0 bridgehead atoms. The lowest BCUT2D eigenvalue weighted by atomic mass is 10.1. The summed E-state index contributed by atoms with van der Waals surface area (Å²) in [4.78, 5) is 25.2. The minimum atomic E-state index is -0.561. The van der Waals surface area contributed by atoms with E-state index in [0.29, 0.717) is 6.42 Å². The molecule has 108 valence electrons. The molecule has 1 aliphatic heterocycles. The van der Waals surface area contributed by atoms with E-state index in [1.54, 1.807) is 17.9 Å². The number of carbonyl (C=O) groups excluding carboxylic acids is 2. The van der Waals surface area contributed by atoms with Gasteiger partial charge in [0.15, 0.2) is 0 Å². The molecule has 1 aliphatic rings. The van der Waals surface area contributed by atoms with Crippen molar-refractivity contribution in [2.24, 2.45) is 0 Å². The number of amides is 2. The van der Waals surface area contributed by atoms with Crippen LogP contribution in [-0.2, 0) is 9.59 Å². The van der Waals surface area contributed by atoms with Crippen LogP contribution in [0.1, 0.15) is 31.9 Å². The average Bonchev–Trinajstić information content (AvgIpc) is 2.37. The molecule has 2 atom stereocenters. The minimum Gasteiger partial charge on any atom is -0.389 e. The lowest BCUT2D eigenvalue weighted by Crippen LogP contribution is -2.58. The quantitative estimate of drug-likeness (QED) is 0.822. The van der Waals surface area contributed by atoms with Gasteiger partial charge in [-0.2, -0.15) is 0 Å². The van der Waals surface area contributed by atoms with E-state index in [1.807, 2.05) is 19.1 Å². The molecule has 2 N–H and O–H groups in total. The summed E-state index contributed by atoms with van der Waals surface area (Å²) in [6, 6.07) is 5.07. The lowest BCUT2D eigenvalue weighted by Gasteiger charge is -2.35. The Morgan fingerprint density at radius 1 is 1.50 bits per heavy atom. The zero-order valence-corrected chi connectivity index (χ0v) is 13.0. The van der Waals surface area contributed by atoms with E-state index >= 15 is 0 Å². The van der Waals surface area contributed by atoms with Crippen molar-refractivity contribution in [2.75, 3.05) is 11.4 Å². The predicted octanol–water partition coefficient (Wildman–Crippen LogP) is 1.74. The Morgan fingerprint density at radius 3 is 2.75 bits per heavy atom. The number of aliphatic hydroxyl groups is 1. The van der Waals surface area contributed by atoms with Crippen LogP contribution in [0, 0.1) is 0 Å². The van der Waals surface area contributed by atoms with Crippen LogP contribution in [0.5, 0.6) is 0 Å². The van der Waals surface area contributed by atoms with Gasteiger partial charge >= 0.3 is 0 Å². The molecule has 0 spiro atoms. The summed E-state index contributed by atoms with van der Waals surface area (Å²) in [5.41, 5.74) is 1.56. The Labute approximate surface area is 126 Å². The van der Waals surface area contributed by atoms with E-state index in [4.69, 9.17) is 0 Å². The molecule has 0 radical (unpaired) electrons. The number of piperazine rings is 1. The Hall–Kier alpha value is -1.40. The Balaban J connectivity index is 2.38. The summed E-state index contributed by atoms with van der Waals surface area (Å²) >= 11 is 3.45. The number of rotatable bonds is 3. The molecule has 5 nitrogen and oxygen atoms in total. The fourth-order valence-corrected chi connectivity index (χ4v) is 2.97. The largest absolute Gasteiger partial charge is 0.389 e. The number of imide groups is 1. The number of benzene rings is 1. The number of aliphatic hydroxyl groups excluding tert-OH is 1. The van der Waals surface area contributed by atoms with Crippen LogP contribution in [0.25, 0.3) is 0 Å². The highest BCUT2D eigenvalue weighted by atomic mass is 79.9. The maximum Gasteiger partial charge on any atom is 0.249 e. The van der Waals surface area contributed by atoms with Crippen LogP contribution in [0.2, 0.25) is 0 Å². The number of anilines is 1. The number of nitrogens with one attached hydrogen (secondary N) is 1. The van der Waals surface area contributed by atoms with E-state index in [9.17, 15) is 14.7 Å². The number of nitrogens with zero attached hydrogens (tertiary/aromatic N) is 1. The number of carbonyl (C=O) groups is 2. The van der Waals surface area contributed by atoms with Crippen molar-refractivity contribution in [3.63, 3.8) is 0 Å². The lowest BCUT2D eigenvalue weighted by molar-refractivity contribution is -0.132. The number of halogens is 1. The smallest absolute Gasteiger partial charge is 0.249 e. The first kappa shape index (κ1) is 15.0. The fraction of sp³-hybridized carbons (Fsp3) is 0.429. The predicted molar refractivity (Wildman–Crippen MR) is 79.4 cm³/mol. The summed E-state index contributed by atoms with van der Waals surface area (Å²) in [7, 11) is 0. The molecule has 0 aliphatic carbocycles. The van der Waals surface area contributed by atoms with Gasteiger partial charge in [0, 0.05) is 4.47 Å². The second-order valence-corrected chi connectivity index (χ2v) is 5.71. The van der Waals surface area contributed by atoms with E-state index < -0.39 is 6.10 Å². The van der Waals surface area contributed by atoms with Crippen molar-refractivity contribution in [2.45, 2.75) is 32.4 Å². The van der Waals surface area contributed by atoms with Gasteiger partial charge in [0.1, 0.15) is 6.04 Å². The fourth-order valence-electron chi connectivity index (χ4n) is 2.34. The van der Waals surface area contributed by atoms with Crippen LogP contribution >= 0.6 is 15.9 Å². The highest BCUT2D eigenvalue weighted by Gasteiger charge is 2.33. The van der Waals surface area contributed by atoms with E-state index in [2.05, 4.69) is 21.2 Å². The number of hydrogen-bond donors (Lipinski definition) is 2. The van der Waals surface area contributed by atoms with Crippen LogP contribution in [-0.4, -0.2) is 29.5 Å². The van der Waals surface area contributed by atoms with E-state index in [1.165, 1.54) is 0 Å². The van der Waals surface area contributed by atoms with Crippen molar-refractivity contribution < 1.29 is 14.7 Å². The number of hydrogen-bond acceptors (Lipinski definition) is 4. The van der Waals surface area contributed by atoms with Gasteiger partial charge < -0.3 is 10.0 Å². The molecule has 1 saturated heterocycles. The molecule has 2 rings (SSSR count). The minimum absolute atomic E-state index is 0.150. The van der Waals surface area contributed by atoms with Gasteiger partial charge in [0.05, 0.1) is 18.3 Å². The highest BCUT2D eigenvalue weighted by molar-refractivity contribution is 9.10. The van der Waals surface area contributed by atoms with Crippen LogP contribution in [0.4, 0.5) is 5.69 Å². The third-order valence-corrected chi connectivity index (χ3v) is 4.04. The van der Waals surface area contributed by atoms with Gasteiger partial charge in [0.25, 0.3) is 0 Å². The molecule has 6 heteroatoms. The maximum absolute atomic E-state index is 11.9. The van der Waals surface area contributed by atoms with Gasteiger partial charge in [0.2, 0.25) is 11.8 Å². The van der Waals surface area contributed by atoms with Gasteiger partial charge in [-0.3, -0.25) is 14.9 Å². The van der Waals surface area contributed by atoms with Gasteiger partial charge in [-0.15, -0.1) is 0 Å². The zero-order chi connectivity index (χ0) is 14.9. The van der Waals surface area contributed by atoms with Crippen molar-refractivity contribution in [1.82, 2.24) is 5.32 Å². The Kier molecular flexibility index (Phi) is 4.45. The molecule has 1 unspecified atom stereocenters. The summed E-state index contributed by atoms with van der Waals surface area (Å²) in [6.07, 6.45) is 0.0533. The molecule has 0 aromatic heterocycles. The van der Waals surface area contributed by atoms with E-state index in [-0.39, 0.29) is 24.4 Å². The van der Waals surface area contributed by atoms with Crippen molar-refractivity contribution in [3.8, 4) is 0 Å². The van der Waals surface area contributed by atoms with Crippen LogP contribution in [0.15, 0.2) is 22.7 Å². The molecule has 1 heterocycles. The standard InChI is InChI=1S/C14H17BrN2O3/c1-3-11-14(20)16-13(19)7-17(11)12-5-4-9(8(2)18)6-10(12)15/h4-6,8,11,18H,3,7H2,1-2H3,(H,16,19,20)/t8-,11?/m0/s1. The van der Waals surface area contributed by atoms with E-state index in [0.717, 1.165) is 15.7 Å². The molecule has 1 aromatic carbocycles. The average molecular weight is 341 g/mol. The van der Waals surface area contributed by atoms with Gasteiger partial charge in [-0.05, 0) is 47.0 Å². The molecule has 2 amide bonds. The monoisotopic (exact) mass is 340 g/mol. The SMILES string of the molecule is CCC1C(=O)NC(=O)CN1c1ccc([C@H](C)O)cc1Br. The van der Waals surface area contributed by atoms with Crippen molar-refractivity contribution in [1.29, 1.82) is 0 Å². The van der Waals surface area contributed by atoms with Crippen LogP contribution in [0.3, 0.4) is 0 Å². The first-order chi connectivity index (χ1) is 9.43. The normalized spacial score (nSPS) is 20.8. The molecule has 0 saturated carbocycles. The molecular weight excluding hydrogens is 324 g/mol. The summed E-state index contributed by atoms with van der Waals surface area (Å²) in [5, 5.41) is 11.9. The Morgan fingerprint density at radius 2 is 2.20 bits per heavy atom. The molecular formula is C14H17BrN2O3. The van der Waals surface area contributed by atoms with Crippen molar-refractivity contribution >= 4 is 33.4 Å². The summed E-state index contributed by atoms with van der Waals surface area (Å²) < 4.78 is 0.761. The molecule has 1 fully saturated rings. The molecule has 20 heavy (non-hydrogen) atoms. The first-order valence-corrected chi connectivity index (χ1v) is 7.31. The maximum atomic E-state index is 11.9. The highest BCUT2D eigenvalue weighted by Crippen LogP contribution is 2.31. The first-order valence-electron chi connectivity index (χ1n) is 6.52. The van der Waals surface area contributed by atoms with Crippen LogP contribution < -0.4 is 10.2 Å². The topological polar surface area (TPSA) is 69.6 Å². The second kappa shape index (κ2) is 5.93. The summed E-state index contributed by atoms with van der Waals surface area (Å²) in [6.45, 7) is 3.75. The second-order valence-electron chi connectivity index (χ2n) is 4.85. The zero-order valence-electron chi connectivity index (χ0n) is 11.4. The van der Waals surface area contributed by atoms with Gasteiger partial charge in [-0.25, -0.2) is 0 Å². The molecule has 1 aromatic rings. The summed E-state index contributed by atoms with van der Waals surface area (Å²) in [5.74, 6) is -0.568. The third-order valence-electron chi connectivity index (χ3n) is 3.41. The van der Waals surface area contributed by atoms with Gasteiger partial charge in [-0.1, -0.05) is 13.0 Å². The van der Waals surface area contributed by atoms with Crippen molar-refractivity contribution in [3.05, 3.63) is 28.2 Å².